The molecule has 0 unspecified atom stereocenters. The average Bonchev–Trinajstić information content (AvgIpc) is 2.49. The van der Waals surface area contributed by atoms with E-state index in [2.05, 4.69) is 10.5 Å². The van der Waals surface area contributed by atoms with Crippen molar-refractivity contribution in [3.63, 3.8) is 0 Å². The molecule has 4 nitrogen and oxygen atoms in total. The number of hydrogen-bond acceptors (Lipinski definition) is 4. The minimum Gasteiger partial charge on any atom is -0.507 e. The topological polar surface area (TPSA) is 53.8 Å². The first-order valence-electron chi connectivity index (χ1n) is 5.96. The molecular formula is C15H14N2O2S. The lowest BCUT2D eigenvalue weighted by Gasteiger charge is -2.04. The summed E-state index contributed by atoms with van der Waals surface area (Å²) in [6, 6.07) is 14.5. The molecular weight excluding hydrogens is 272 g/mol. The third kappa shape index (κ3) is 3.55. The molecule has 0 heterocycles. The summed E-state index contributed by atoms with van der Waals surface area (Å²) in [5, 5.41) is 13.8. The first-order chi connectivity index (χ1) is 9.70. The van der Waals surface area contributed by atoms with Crippen molar-refractivity contribution >= 4 is 23.4 Å². The van der Waals surface area contributed by atoms with Crippen LogP contribution in [0, 0.1) is 0 Å². The molecule has 0 saturated carbocycles. The highest BCUT2D eigenvalue weighted by molar-refractivity contribution is 7.80. The summed E-state index contributed by atoms with van der Waals surface area (Å²) in [6.45, 7) is 0. The van der Waals surface area contributed by atoms with Gasteiger partial charge in [-0.15, -0.1) is 0 Å². The summed E-state index contributed by atoms with van der Waals surface area (Å²) >= 11 is 5.20. The molecule has 0 spiro atoms. The van der Waals surface area contributed by atoms with E-state index in [1.54, 1.807) is 19.2 Å². The summed E-state index contributed by atoms with van der Waals surface area (Å²) in [6.07, 6.45) is 1.50. The number of ether oxygens (including phenoxy) is 1. The van der Waals surface area contributed by atoms with E-state index in [0.717, 1.165) is 5.56 Å². The number of methoxy groups -OCH3 is 1. The molecule has 0 amide bonds. The monoisotopic (exact) mass is 286 g/mol. The number of benzene rings is 2. The van der Waals surface area contributed by atoms with Crippen LogP contribution >= 0.6 is 12.2 Å². The van der Waals surface area contributed by atoms with Crippen molar-refractivity contribution in [3.05, 3.63) is 59.7 Å². The van der Waals surface area contributed by atoms with Crippen LogP contribution in [0.3, 0.4) is 0 Å². The van der Waals surface area contributed by atoms with E-state index in [4.69, 9.17) is 17.0 Å². The smallest absolute Gasteiger partial charge is 0.128 e. The minimum atomic E-state index is 0.0977. The van der Waals surface area contributed by atoms with E-state index < -0.39 is 0 Å². The van der Waals surface area contributed by atoms with Crippen LogP contribution in [0.2, 0.25) is 0 Å². The number of rotatable bonds is 4. The second-order valence-corrected chi connectivity index (χ2v) is 4.40. The number of nitrogens with one attached hydrogen (secondary N) is 1. The van der Waals surface area contributed by atoms with Gasteiger partial charge in [0.05, 0.1) is 13.3 Å². The van der Waals surface area contributed by atoms with E-state index in [9.17, 15) is 5.11 Å². The lowest BCUT2D eigenvalue weighted by Crippen LogP contribution is -2.16. The SMILES string of the molecule is COc1ccc(/C=N\NC(=S)c2ccccc2)c(O)c1. The molecule has 0 fully saturated rings. The van der Waals surface area contributed by atoms with Crippen LogP contribution in [-0.4, -0.2) is 23.4 Å². The Labute approximate surface area is 122 Å². The second-order valence-electron chi connectivity index (χ2n) is 3.99. The fourth-order valence-electron chi connectivity index (χ4n) is 1.57. The molecule has 102 valence electrons. The van der Waals surface area contributed by atoms with E-state index >= 15 is 0 Å². The standard InChI is InChI=1S/C15H14N2O2S/c1-19-13-8-7-12(14(18)9-13)10-16-17-15(20)11-5-3-2-4-6-11/h2-10,18H,1H3,(H,17,20)/b16-10-. The zero-order chi connectivity index (χ0) is 14.4. The third-order valence-corrected chi connectivity index (χ3v) is 2.97. The zero-order valence-corrected chi connectivity index (χ0v) is 11.7. The van der Waals surface area contributed by atoms with E-state index in [0.29, 0.717) is 16.3 Å². The molecule has 2 aromatic rings. The zero-order valence-electron chi connectivity index (χ0n) is 10.9. The van der Waals surface area contributed by atoms with Gasteiger partial charge in [0.25, 0.3) is 0 Å². The van der Waals surface area contributed by atoms with Crippen molar-refractivity contribution in [2.45, 2.75) is 0 Å². The average molecular weight is 286 g/mol. The highest BCUT2D eigenvalue weighted by atomic mass is 32.1. The molecule has 2 aromatic carbocycles. The maximum Gasteiger partial charge on any atom is 0.128 e. The van der Waals surface area contributed by atoms with Crippen molar-refractivity contribution in [2.75, 3.05) is 7.11 Å². The molecule has 0 bridgehead atoms. The highest BCUT2D eigenvalue weighted by Gasteiger charge is 2.01. The molecule has 0 saturated heterocycles. The van der Waals surface area contributed by atoms with Gasteiger partial charge in [-0.2, -0.15) is 5.10 Å². The summed E-state index contributed by atoms with van der Waals surface area (Å²) in [7, 11) is 1.54. The maximum atomic E-state index is 9.77. The lowest BCUT2D eigenvalue weighted by atomic mass is 10.2. The fourth-order valence-corrected chi connectivity index (χ4v) is 1.76. The van der Waals surface area contributed by atoms with Gasteiger partial charge >= 0.3 is 0 Å². The molecule has 0 atom stereocenters. The first-order valence-corrected chi connectivity index (χ1v) is 6.37. The Bertz CT molecular complexity index is 627. The van der Waals surface area contributed by atoms with Crippen LogP contribution in [0.15, 0.2) is 53.6 Å². The second kappa shape index (κ2) is 6.68. The largest absolute Gasteiger partial charge is 0.507 e. The normalized spacial score (nSPS) is 10.4. The van der Waals surface area contributed by atoms with Gasteiger partial charge in [0.1, 0.15) is 16.5 Å². The number of aromatic hydroxyl groups is 1. The molecule has 20 heavy (non-hydrogen) atoms. The summed E-state index contributed by atoms with van der Waals surface area (Å²) in [5.74, 6) is 0.688. The number of thiocarbonyl (C=S) groups is 1. The van der Waals surface area contributed by atoms with E-state index in [-0.39, 0.29) is 5.75 Å². The molecule has 0 aliphatic heterocycles. The van der Waals surface area contributed by atoms with Crippen molar-refractivity contribution in [2.24, 2.45) is 5.10 Å². The Hall–Kier alpha value is -2.40. The van der Waals surface area contributed by atoms with Gasteiger partial charge in [0.2, 0.25) is 0 Å². The van der Waals surface area contributed by atoms with Gasteiger partial charge in [0, 0.05) is 17.2 Å². The molecule has 2 rings (SSSR count). The predicted octanol–water partition coefficient (Wildman–Crippen LogP) is 2.70. The number of nitrogens with zero attached hydrogens (tertiary/aromatic N) is 1. The third-order valence-electron chi connectivity index (χ3n) is 2.64. The summed E-state index contributed by atoms with van der Waals surface area (Å²) in [4.78, 5) is 0.523. The quantitative estimate of drug-likeness (QED) is 0.515. The molecule has 0 radical (unpaired) electrons. The number of phenolic OH excluding ortho intramolecular Hbond substituents is 1. The van der Waals surface area contributed by atoms with Crippen molar-refractivity contribution in [1.29, 1.82) is 0 Å². The van der Waals surface area contributed by atoms with Gasteiger partial charge in [0.15, 0.2) is 0 Å². The van der Waals surface area contributed by atoms with Gasteiger partial charge in [-0.05, 0) is 12.1 Å². The van der Waals surface area contributed by atoms with Gasteiger partial charge in [-0.3, -0.25) is 5.43 Å². The van der Waals surface area contributed by atoms with Gasteiger partial charge in [-0.25, -0.2) is 0 Å². The van der Waals surface area contributed by atoms with Gasteiger partial charge < -0.3 is 9.84 Å². The van der Waals surface area contributed by atoms with Crippen LogP contribution in [-0.2, 0) is 0 Å². The number of hydrazone groups is 1. The van der Waals surface area contributed by atoms with Crippen molar-refractivity contribution < 1.29 is 9.84 Å². The van der Waals surface area contributed by atoms with Crippen LogP contribution in [0.25, 0.3) is 0 Å². The Morgan fingerprint density at radius 1 is 1.25 bits per heavy atom. The molecule has 2 N–H and O–H groups in total. The Morgan fingerprint density at radius 2 is 2.00 bits per heavy atom. The van der Waals surface area contributed by atoms with Gasteiger partial charge in [-0.1, -0.05) is 42.5 Å². The maximum absolute atomic E-state index is 9.77. The minimum absolute atomic E-state index is 0.0977. The fraction of sp³-hybridized carbons (Fsp3) is 0.0667. The number of hydrogen-bond donors (Lipinski definition) is 2. The van der Waals surface area contributed by atoms with Crippen LogP contribution in [0.5, 0.6) is 11.5 Å². The Kier molecular flexibility index (Phi) is 4.68. The first kappa shape index (κ1) is 14.0. The van der Waals surface area contributed by atoms with Crippen LogP contribution < -0.4 is 10.2 Å². The predicted molar refractivity (Wildman–Crippen MR) is 83.5 cm³/mol. The van der Waals surface area contributed by atoms with E-state index in [1.807, 2.05) is 30.3 Å². The molecule has 0 aliphatic rings. The van der Waals surface area contributed by atoms with Crippen molar-refractivity contribution in [1.82, 2.24) is 5.43 Å². The Morgan fingerprint density at radius 3 is 2.65 bits per heavy atom. The lowest BCUT2D eigenvalue weighted by molar-refractivity contribution is 0.407. The molecule has 5 heteroatoms. The number of phenols is 1. The van der Waals surface area contributed by atoms with Crippen LogP contribution in [0.1, 0.15) is 11.1 Å². The summed E-state index contributed by atoms with van der Waals surface area (Å²) < 4.78 is 5.01. The highest BCUT2D eigenvalue weighted by Crippen LogP contribution is 2.21. The van der Waals surface area contributed by atoms with Crippen molar-refractivity contribution in [3.8, 4) is 11.5 Å². The van der Waals surface area contributed by atoms with E-state index in [1.165, 1.54) is 12.3 Å². The molecule has 0 aliphatic carbocycles. The summed E-state index contributed by atoms with van der Waals surface area (Å²) in [5.41, 5.74) is 4.23. The Balaban J connectivity index is 2.02. The van der Waals surface area contributed by atoms with Crippen LogP contribution in [0.4, 0.5) is 0 Å². The molecule has 0 aromatic heterocycles.